The molecule has 124 valence electrons. The number of hydrogen-bond donors (Lipinski definition) is 2. The van der Waals surface area contributed by atoms with Gasteiger partial charge >= 0.3 is 0 Å². The van der Waals surface area contributed by atoms with Gasteiger partial charge in [-0.1, -0.05) is 6.07 Å². The molecule has 0 bridgehead atoms. The second kappa shape index (κ2) is 6.79. The lowest BCUT2D eigenvalue weighted by molar-refractivity contribution is 0.0947. The molecule has 0 atom stereocenters. The fourth-order valence-corrected chi connectivity index (χ4v) is 2.90. The van der Waals surface area contributed by atoms with Crippen molar-refractivity contribution in [2.45, 2.75) is 20.4 Å². The van der Waals surface area contributed by atoms with Crippen molar-refractivity contribution >= 4 is 17.2 Å². The highest BCUT2D eigenvalue weighted by molar-refractivity contribution is 7.13. The molecule has 0 aliphatic heterocycles. The number of nitrogens with zero attached hydrogens (tertiary/aromatic N) is 3. The largest absolute Gasteiger partial charge is 0.349 e. The first-order valence-corrected chi connectivity index (χ1v) is 8.34. The summed E-state index contributed by atoms with van der Waals surface area (Å²) in [6.45, 7) is 4.23. The van der Waals surface area contributed by atoms with E-state index in [1.807, 2.05) is 17.5 Å². The lowest BCUT2D eigenvalue weighted by atomic mass is 10.3. The summed E-state index contributed by atoms with van der Waals surface area (Å²) in [6.07, 6.45) is 1.50. The monoisotopic (exact) mass is 343 g/mol. The standard InChI is InChI=1S/C16H17N5O2S/c1-10-11(2)18-9-21(16(10)23)6-5-17-15(22)13-8-12(19-20-13)14-4-3-7-24-14/h3-4,7-9H,5-6H2,1-2H3,(H,17,22)(H,19,20). The maximum absolute atomic E-state index is 12.1. The number of aromatic amines is 1. The first kappa shape index (κ1) is 16.1. The summed E-state index contributed by atoms with van der Waals surface area (Å²) in [5, 5.41) is 11.6. The highest BCUT2D eigenvalue weighted by Gasteiger charge is 2.12. The topological polar surface area (TPSA) is 92.7 Å². The first-order chi connectivity index (χ1) is 11.6. The molecule has 1 amide bonds. The van der Waals surface area contributed by atoms with Crippen LogP contribution < -0.4 is 10.9 Å². The molecule has 0 saturated heterocycles. The van der Waals surface area contributed by atoms with Gasteiger partial charge in [0.1, 0.15) is 0 Å². The number of carbonyl (C=O) groups is 1. The molecule has 8 heteroatoms. The van der Waals surface area contributed by atoms with Gasteiger partial charge in [0.05, 0.1) is 16.9 Å². The second-order valence-corrected chi connectivity index (χ2v) is 6.30. The van der Waals surface area contributed by atoms with E-state index in [1.54, 1.807) is 31.3 Å². The summed E-state index contributed by atoms with van der Waals surface area (Å²) in [6, 6.07) is 5.61. The Hall–Kier alpha value is -2.74. The summed E-state index contributed by atoms with van der Waals surface area (Å²) in [7, 11) is 0. The molecule has 24 heavy (non-hydrogen) atoms. The van der Waals surface area contributed by atoms with Crippen LogP contribution in [0.1, 0.15) is 21.7 Å². The smallest absolute Gasteiger partial charge is 0.271 e. The van der Waals surface area contributed by atoms with Crippen molar-refractivity contribution in [1.29, 1.82) is 0 Å². The fourth-order valence-electron chi connectivity index (χ4n) is 2.21. The van der Waals surface area contributed by atoms with Crippen molar-refractivity contribution in [1.82, 2.24) is 25.1 Å². The SMILES string of the molecule is Cc1ncn(CCNC(=O)c2cc(-c3cccs3)[nH]n2)c(=O)c1C. The van der Waals surface area contributed by atoms with Crippen LogP contribution in [0.15, 0.2) is 34.7 Å². The van der Waals surface area contributed by atoms with E-state index in [2.05, 4.69) is 20.5 Å². The molecule has 0 aliphatic rings. The zero-order chi connectivity index (χ0) is 17.1. The van der Waals surface area contributed by atoms with Gasteiger partial charge in [-0.3, -0.25) is 19.3 Å². The third-order valence-corrected chi connectivity index (χ3v) is 4.65. The van der Waals surface area contributed by atoms with Gasteiger partial charge in [0.15, 0.2) is 5.69 Å². The van der Waals surface area contributed by atoms with Crippen molar-refractivity contribution in [3.63, 3.8) is 0 Å². The van der Waals surface area contributed by atoms with Crippen molar-refractivity contribution in [2.75, 3.05) is 6.54 Å². The van der Waals surface area contributed by atoms with Crippen LogP contribution in [0, 0.1) is 13.8 Å². The molecule has 3 aromatic rings. The number of thiophene rings is 1. The van der Waals surface area contributed by atoms with Gasteiger partial charge in [-0.05, 0) is 31.4 Å². The van der Waals surface area contributed by atoms with Gasteiger partial charge < -0.3 is 5.32 Å². The lowest BCUT2D eigenvalue weighted by Crippen LogP contribution is -2.32. The van der Waals surface area contributed by atoms with Gasteiger partial charge in [0, 0.05) is 24.3 Å². The summed E-state index contributed by atoms with van der Waals surface area (Å²) >= 11 is 1.57. The van der Waals surface area contributed by atoms with Crippen molar-refractivity contribution in [2.24, 2.45) is 0 Å². The van der Waals surface area contributed by atoms with E-state index in [4.69, 9.17) is 0 Å². The average molecular weight is 343 g/mol. The van der Waals surface area contributed by atoms with E-state index < -0.39 is 0 Å². The molecule has 3 aromatic heterocycles. The van der Waals surface area contributed by atoms with E-state index in [1.165, 1.54) is 10.9 Å². The molecule has 3 rings (SSSR count). The first-order valence-electron chi connectivity index (χ1n) is 7.46. The molecule has 7 nitrogen and oxygen atoms in total. The number of aromatic nitrogens is 4. The van der Waals surface area contributed by atoms with Gasteiger partial charge in [0.2, 0.25) is 0 Å². The average Bonchev–Trinajstić information content (AvgIpc) is 3.25. The minimum absolute atomic E-state index is 0.0866. The van der Waals surface area contributed by atoms with Crippen LogP contribution >= 0.6 is 11.3 Å². The van der Waals surface area contributed by atoms with Crippen LogP contribution in [0.4, 0.5) is 0 Å². The molecule has 0 aliphatic carbocycles. The fraction of sp³-hybridized carbons (Fsp3) is 0.250. The van der Waals surface area contributed by atoms with Gasteiger partial charge in [-0.2, -0.15) is 5.10 Å². The van der Waals surface area contributed by atoms with E-state index in [0.29, 0.717) is 24.3 Å². The zero-order valence-electron chi connectivity index (χ0n) is 13.4. The third kappa shape index (κ3) is 3.28. The minimum atomic E-state index is -0.279. The van der Waals surface area contributed by atoms with Crippen molar-refractivity contribution < 1.29 is 4.79 Å². The van der Waals surface area contributed by atoms with Crippen LogP contribution in [0.5, 0.6) is 0 Å². The highest BCUT2D eigenvalue weighted by Crippen LogP contribution is 2.22. The number of carbonyl (C=O) groups excluding carboxylic acids is 1. The molecular formula is C16H17N5O2S. The molecule has 0 fully saturated rings. The summed E-state index contributed by atoms with van der Waals surface area (Å²) in [5.41, 5.74) is 2.39. The Balaban J connectivity index is 1.60. The number of nitrogens with one attached hydrogen (secondary N) is 2. The highest BCUT2D eigenvalue weighted by atomic mass is 32.1. The molecule has 0 radical (unpaired) electrons. The summed E-state index contributed by atoms with van der Waals surface area (Å²) in [5.74, 6) is -0.279. The van der Waals surface area contributed by atoms with E-state index in [9.17, 15) is 9.59 Å². The lowest BCUT2D eigenvalue weighted by Gasteiger charge is -2.08. The Bertz CT molecular complexity index is 911. The zero-order valence-corrected chi connectivity index (χ0v) is 14.2. The second-order valence-electron chi connectivity index (χ2n) is 5.35. The summed E-state index contributed by atoms with van der Waals surface area (Å²) in [4.78, 5) is 29.4. The Morgan fingerprint density at radius 1 is 1.42 bits per heavy atom. The van der Waals surface area contributed by atoms with Crippen LogP contribution in [0.25, 0.3) is 10.6 Å². The van der Waals surface area contributed by atoms with E-state index >= 15 is 0 Å². The van der Waals surface area contributed by atoms with E-state index in [-0.39, 0.29) is 11.5 Å². The number of rotatable bonds is 5. The predicted molar refractivity (Wildman–Crippen MR) is 92.2 cm³/mol. The molecule has 0 saturated carbocycles. The van der Waals surface area contributed by atoms with Gasteiger partial charge in [-0.15, -0.1) is 11.3 Å². The molecular weight excluding hydrogens is 326 g/mol. The third-order valence-electron chi connectivity index (χ3n) is 3.75. The van der Waals surface area contributed by atoms with Gasteiger partial charge in [0.25, 0.3) is 11.5 Å². The molecule has 0 unspecified atom stereocenters. The van der Waals surface area contributed by atoms with Crippen LogP contribution in [0.2, 0.25) is 0 Å². The molecule has 2 N–H and O–H groups in total. The predicted octanol–water partition coefficient (Wildman–Crippen LogP) is 1.74. The quantitative estimate of drug-likeness (QED) is 0.738. The maximum Gasteiger partial charge on any atom is 0.271 e. The number of hydrogen-bond acceptors (Lipinski definition) is 5. The maximum atomic E-state index is 12.1. The van der Waals surface area contributed by atoms with Crippen molar-refractivity contribution in [3.05, 3.63) is 57.2 Å². The van der Waals surface area contributed by atoms with Crippen LogP contribution in [-0.4, -0.2) is 32.2 Å². The number of H-pyrrole nitrogens is 1. The number of aryl methyl sites for hydroxylation is 1. The normalized spacial score (nSPS) is 10.8. The molecule has 3 heterocycles. The van der Waals surface area contributed by atoms with Crippen molar-refractivity contribution in [3.8, 4) is 10.6 Å². The Morgan fingerprint density at radius 2 is 2.25 bits per heavy atom. The number of amides is 1. The molecule has 0 spiro atoms. The minimum Gasteiger partial charge on any atom is -0.349 e. The van der Waals surface area contributed by atoms with E-state index in [0.717, 1.165) is 16.3 Å². The van der Waals surface area contributed by atoms with Gasteiger partial charge in [-0.25, -0.2) is 4.98 Å². The molecule has 0 aromatic carbocycles. The Morgan fingerprint density at radius 3 is 3.00 bits per heavy atom. The Kier molecular flexibility index (Phi) is 4.57. The Labute approximate surface area is 142 Å². The summed E-state index contributed by atoms with van der Waals surface area (Å²) < 4.78 is 1.49. The van der Waals surface area contributed by atoms with Crippen LogP contribution in [-0.2, 0) is 6.54 Å². The van der Waals surface area contributed by atoms with Crippen LogP contribution in [0.3, 0.4) is 0 Å².